The smallest absolute Gasteiger partial charge is 0.230 e. The molecule has 0 atom stereocenters. The van der Waals surface area contributed by atoms with Gasteiger partial charge in [0.05, 0.1) is 5.75 Å². The van der Waals surface area contributed by atoms with E-state index in [-0.39, 0.29) is 5.91 Å². The first-order valence-electron chi connectivity index (χ1n) is 7.51. The average molecular weight is 286 g/mol. The van der Waals surface area contributed by atoms with Crippen LogP contribution in [0, 0.1) is 5.92 Å². The van der Waals surface area contributed by atoms with Gasteiger partial charge in [-0.05, 0) is 51.1 Å². The number of ether oxygens (including phenoxy) is 1. The van der Waals surface area contributed by atoms with Gasteiger partial charge in [0, 0.05) is 25.0 Å². The second-order valence-electron chi connectivity index (χ2n) is 5.48. The minimum absolute atomic E-state index is 0.172. The first kappa shape index (κ1) is 15.1. The maximum Gasteiger partial charge on any atom is 0.230 e. The number of hydrogen-bond donors (Lipinski definition) is 2. The van der Waals surface area contributed by atoms with E-state index in [1.54, 1.807) is 11.8 Å². The Morgan fingerprint density at radius 1 is 1.26 bits per heavy atom. The summed E-state index contributed by atoms with van der Waals surface area (Å²) >= 11 is 1.80. The van der Waals surface area contributed by atoms with E-state index in [1.807, 2.05) is 0 Å². The molecule has 0 spiro atoms. The molecule has 0 unspecified atom stereocenters. The Bertz CT molecular complexity index is 266. The van der Waals surface area contributed by atoms with Crippen molar-refractivity contribution in [1.82, 2.24) is 10.6 Å². The Labute approximate surface area is 120 Å². The topological polar surface area (TPSA) is 50.4 Å². The maximum atomic E-state index is 11.6. The van der Waals surface area contributed by atoms with Gasteiger partial charge in [-0.2, -0.15) is 0 Å². The van der Waals surface area contributed by atoms with Crippen LogP contribution in [-0.4, -0.2) is 49.8 Å². The number of thioether (sulfide) groups is 1. The second kappa shape index (κ2) is 8.82. The molecular weight excluding hydrogens is 260 g/mol. The molecule has 110 valence electrons. The Hall–Kier alpha value is -0.260. The van der Waals surface area contributed by atoms with Crippen LogP contribution in [0.4, 0.5) is 0 Å². The predicted octanol–water partition coefficient (Wildman–Crippen LogP) is 1.40. The highest BCUT2D eigenvalue weighted by Crippen LogP contribution is 2.28. The Balaban J connectivity index is 1.38. The zero-order valence-electron chi connectivity index (χ0n) is 11.7. The van der Waals surface area contributed by atoms with E-state index in [9.17, 15) is 4.79 Å². The maximum absolute atomic E-state index is 11.6. The molecule has 2 N–H and O–H groups in total. The van der Waals surface area contributed by atoms with Gasteiger partial charge in [0.2, 0.25) is 5.91 Å². The standard InChI is InChI=1S/C14H26N2O2S/c17-14(11-19-13-4-7-15-8-5-13)16-6-1-9-18-10-12-2-3-12/h12-13,15H,1-11H2,(H,16,17). The molecule has 2 aliphatic rings. The van der Waals surface area contributed by atoms with Gasteiger partial charge in [0.15, 0.2) is 0 Å². The molecule has 4 nitrogen and oxygen atoms in total. The van der Waals surface area contributed by atoms with Crippen LogP contribution in [0.15, 0.2) is 0 Å². The van der Waals surface area contributed by atoms with E-state index in [0.29, 0.717) is 11.0 Å². The fourth-order valence-electron chi connectivity index (χ4n) is 2.14. The van der Waals surface area contributed by atoms with Gasteiger partial charge in [-0.1, -0.05) is 0 Å². The number of piperidine rings is 1. The Morgan fingerprint density at radius 3 is 2.79 bits per heavy atom. The number of nitrogens with one attached hydrogen (secondary N) is 2. The van der Waals surface area contributed by atoms with Gasteiger partial charge in [-0.25, -0.2) is 0 Å². The molecular formula is C14H26N2O2S. The number of carbonyl (C=O) groups excluding carboxylic acids is 1. The molecule has 1 saturated heterocycles. The Kier molecular flexibility index (Phi) is 7.03. The van der Waals surface area contributed by atoms with E-state index in [1.165, 1.54) is 25.7 Å². The average Bonchev–Trinajstić information content (AvgIpc) is 3.26. The highest BCUT2D eigenvalue weighted by molar-refractivity contribution is 8.00. The third-order valence-electron chi connectivity index (χ3n) is 3.57. The van der Waals surface area contributed by atoms with E-state index >= 15 is 0 Å². The van der Waals surface area contributed by atoms with Gasteiger partial charge in [-0.3, -0.25) is 4.79 Å². The summed E-state index contributed by atoms with van der Waals surface area (Å²) in [5.41, 5.74) is 0. The highest BCUT2D eigenvalue weighted by Gasteiger charge is 2.20. The van der Waals surface area contributed by atoms with Crippen molar-refractivity contribution in [3.8, 4) is 0 Å². The number of carbonyl (C=O) groups is 1. The molecule has 5 heteroatoms. The summed E-state index contributed by atoms with van der Waals surface area (Å²) in [7, 11) is 0. The van der Waals surface area contributed by atoms with Crippen molar-refractivity contribution in [3.63, 3.8) is 0 Å². The summed E-state index contributed by atoms with van der Waals surface area (Å²) in [6.07, 6.45) is 5.98. The van der Waals surface area contributed by atoms with Crippen LogP contribution in [0.5, 0.6) is 0 Å². The van der Waals surface area contributed by atoms with Gasteiger partial charge >= 0.3 is 0 Å². The van der Waals surface area contributed by atoms with Crippen LogP contribution in [0.3, 0.4) is 0 Å². The Morgan fingerprint density at radius 2 is 2.05 bits per heavy atom. The molecule has 1 saturated carbocycles. The normalized spacial score (nSPS) is 20.4. The summed E-state index contributed by atoms with van der Waals surface area (Å²) in [5.74, 6) is 1.61. The summed E-state index contributed by atoms with van der Waals surface area (Å²) in [5, 5.41) is 6.97. The first-order chi connectivity index (χ1) is 9.34. The van der Waals surface area contributed by atoms with Crippen molar-refractivity contribution >= 4 is 17.7 Å². The molecule has 1 amide bonds. The first-order valence-corrected chi connectivity index (χ1v) is 8.56. The van der Waals surface area contributed by atoms with Crippen LogP contribution in [0.1, 0.15) is 32.1 Å². The fourth-order valence-corrected chi connectivity index (χ4v) is 3.20. The quantitative estimate of drug-likeness (QED) is 0.629. The lowest BCUT2D eigenvalue weighted by Gasteiger charge is -2.21. The minimum Gasteiger partial charge on any atom is -0.381 e. The number of rotatable bonds is 9. The molecule has 2 rings (SSSR count). The van der Waals surface area contributed by atoms with Gasteiger partial charge in [0.1, 0.15) is 0 Å². The lowest BCUT2D eigenvalue weighted by Crippen LogP contribution is -2.31. The third-order valence-corrected chi connectivity index (χ3v) is 4.95. The van der Waals surface area contributed by atoms with Crippen molar-refractivity contribution < 1.29 is 9.53 Å². The predicted molar refractivity (Wildman–Crippen MR) is 79.5 cm³/mol. The summed E-state index contributed by atoms with van der Waals surface area (Å²) in [6, 6.07) is 0. The SMILES string of the molecule is O=C(CSC1CCNCC1)NCCCOCC1CC1. The van der Waals surface area contributed by atoms with Crippen molar-refractivity contribution in [1.29, 1.82) is 0 Å². The molecule has 19 heavy (non-hydrogen) atoms. The highest BCUT2D eigenvalue weighted by atomic mass is 32.2. The van der Waals surface area contributed by atoms with Crippen LogP contribution < -0.4 is 10.6 Å². The van der Waals surface area contributed by atoms with Crippen LogP contribution in [0.25, 0.3) is 0 Å². The lowest BCUT2D eigenvalue weighted by molar-refractivity contribution is -0.118. The number of hydrogen-bond acceptors (Lipinski definition) is 4. The molecule has 0 aromatic rings. The number of amides is 1. The molecule has 2 fully saturated rings. The molecule has 0 bridgehead atoms. The zero-order chi connectivity index (χ0) is 13.3. The van der Waals surface area contributed by atoms with Crippen molar-refractivity contribution in [2.75, 3.05) is 38.6 Å². The largest absolute Gasteiger partial charge is 0.381 e. The fraction of sp³-hybridized carbons (Fsp3) is 0.929. The van der Waals surface area contributed by atoms with Crippen molar-refractivity contribution in [2.24, 2.45) is 5.92 Å². The van der Waals surface area contributed by atoms with Crippen molar-refractivity contribution in [2.45, 2.75) is 37.4 Å². The summed E-state index contributed by atoms with van der Waals surface area (Å²) in [4.78, 5) is 11.6. The molecule has 1 heterocycles. The van der Waals surface area contributed by atoms with E-state index in [2.05, 4.69) is 10.6 Å². The third kappa shape index (κ3) is 7.18. The lowest BCUT2D eigenvalue weighted by atomic mass is 10.2. The monoisotopic (exact) mass is 286 g/mol. The van der Waals surface area contributed by atoms with Crippen LogP contribution >= 0.6 is 11.8 Å². The molecule has 0 aromatic carbocycles. The second-order valence-corrected chi connectivity index (χ2v) is 6.77. The molecule has 0 radical (unpaired) electrons. The molecule has 1 aliphatic carbocycles. The van der Waals surface area contributed by atoms with Gasteiger partial charge in [0.25, 0.3) is 0 Å². The van der Waals surface area contributed by atoms with Crippen LogP contribution in [0.2, 0.25) is 0 Å². The summed E-state index contributed by atoms with van der Waals surface area (Å²) in [6.45, 7) is 4.63. The van der Waals surface area contributed by atoms with Crippen LogP contribution in [-0.2, 0) is 9.53 Å². The zero-order valence-corrected chi connectivity index (χ0v) is 12.5. The van der Waals surface area contributed by atoms with E-state index in [0.717, 1.165) is 45.2 Å². The molecule has 0 aromatic heterocycles. The summed E-state index contributed by atoms with van der Waals surface area (Å²) < 4.78 is 5.53. The van der Waals surface area contributed by atoms with Gasteiger partial charge < -0.3 is 15.4 Å². The minimum atomic E-state index is 0.172. The van der Waals surface area contributed by atoms with Crippen molar-refractivity contribution in [3.05, 3.63) is 0 Å². The van der Waals surface area contributed by atoms with E-state index < -0.39 is 0 Å². The van der Waals surface area contributed by atoms with Gasteiger partial charge in [-0.15, -0.1) is 11.8 Å². The van der Waals surface area contributed by atoms with E-state index in [4.69, 9.17) is 4.74 Å². The molecule has 1 aliphatic heterocycles.